The van der Waals surface area contributed by atoms with Crippen LogP contribution in [0, 0.1) is 11.6 Å². The molecular weight excluding hydrogens is 518 g/mol. The molecule has 194 valence electrons. The summed E-state index contributed by atoms with van der Waals surface area (Å²) >= 11 is 0. The molecule has 3 aromatic rings. The van der Waals surface area contributed by atoms with Crippen molar-refractivity contribution in [3.05, 3.63) is 107 Å². The second kappa shape index (κ2) is 9.23. The van der Waals surface area contributed by atoms with Gasteiger partial charge in [-0.25, -0.2) is 18.7 Å². The Morgan fingerprint density at radius 1 is 0.684 bits per heavy atom. The Bertz CT molecular complexity index is 1550. The summed E-state index contributed by atoms with van der Waals surface area (Å²) in [7, 11) is 0. The summed E-state index contributed by atoms with van der Waals surface area (Å²) in [6.45, 7) is 0.295. The monoisotopic (exact) mass is 533 g/mol. The molecule has 3 nitrogen and oxygen atoms in total. The van der Waals surface area contributed by atoms with Crippen molar-refractivity contribution in [3.8, 4) is 33.9 Å². The van der Waals surface area contributed by atoms with E-state index in [0.717, 1.165) is 6.07 Å². The molecule has 0 aliphatic carbocycles. The highest BCUT2D eigenvalue weighted by atomic mass is 19.4. The van der Waals surface area contributed by atoms with Gasteiger partial charge in [0.25, 0.3) is 0 Å². The Balaban J connectivity index is 1.41. The van der Waals surface area contributed by atoms with Crippen LogP contribution in [0.5, 0.6) is 0 Å². The number of rotatable bonds is 4. The number of hydrogen-bond donors (Lipinski definition) is 0. The topological polar surface area (TPSA) is 30.7 Å². The summed E-state index contributed by atoms with van der Waals surface area (Å²) in [6, 6.07) is 12.8. The van der Waals surface area contributed by atoms with E-state index < -0.39 is 35.1 Å². The predicted molar refractivity (Wildman–Crippen MR) is 123 cm³/mol. The third kappa shape index (κ3) is 5.09. The maximum atomic E-state index is 14.1. The van der Waals surface area contributed by atoms with Crippen LogP contribution in [-0.4, -0.2) is 14.5 Å². The zero-order valence-electron chi connectivity index (χ0n) is 19.1. The van der Waals surface area contributed by atoms with Crippen LogP contribution in [0.25, 0.3) is 33.9 Å². The van der Waals surface area contributed by atoms with Gasteiger partial charge in [0.2, 0.25) is 0 Å². The molecule has 2 heterocycles. The van der Waals surface area contributed by atoms with E-state index in [-0.39, 0.29) is 28.6 Å². The minimum Gasteiger partial charge on any atom is -0.348 e. The summed E-state index contributed by atoms with van der Waals surface area (Å²) in [5, 5.41) is 0. The first kappa shape index (κ1) is 25.4. The highest BCUT2D eigenvalue weighted by Gasteiger charge is 2.37. The van der Waals surface area contributed by atoms with E-state index in [1.165, 1.54) is 24.3 Å². The lowest BCUT2D eigenvalue weighted by molar-refractivity contribution is -0.143. The standard InChI is InChI=1S/C27H15F8N3/c28-21-3-1-2-20(24(21)29)25-36-22-8-9-38(14-23(22)37-25)13-15-4-6-16(7-5-15)17-10-18(26(30,31)32)12-19(11-17)27(33,34)35/h1-12,14H,13H2. The minimum atomic E-state index is -4.94. The van der Waals surface area contributed by atoms with E-state index in [2.05, 4.69) is 9.97 Å². The van der Waals surface area contributed by atoms with Crippen LogP contribution in [0.15, 0.2) is 79.1 Å². The van der Waals surface area contributed by atoms with Gasteiger partial charge in [-0.05, 0) is 53.1 Å². The molecule has 2 aliphatic rings. The first-order valence-corrected chi connectivity index (χ1v) is 11.1. The first-order valence-electron chi connectivity index (χ1n) is 11.1. The molecule has 0 fully saturated rings. The lowest BCUT2D eigenvalue weighted by atomic mass is 9.98. The molecule has 0 radical (unpaired) electrons. The number of benzene rings is 3. The van der Waals surface area contributed by atoms with Crippen LogP contribution in [0.2, 0.25) is 0 Å². The van der Waals surface area contributed by atoms with Crippen LogP contribution < -0.4 is 0 Å². The summed E-state index contributed by atoms with van der Waals surface area (Å²) < 4.78 is 109. The molecule has 0 atom stereocenters. The van der Waals surface area contributed by atoms with E-state index in [0.29, 0.717) is 35.6 Å². The summed E-state index contributed by atoms with van der Waals surface area (Å²) in [5.74, 6) is -2.05. The normalized spacial score (nSPS) is 12.3. The van der Waals surface area contributed by atoms with Crippen molar-refractivity contribution in [2.24, 2.45) is 0 Å². The molecule has 0 saturated heterocycles. The van der Waals surface area contributed by atoms with E-state index in [1.54, 1.807) is 35.2 Å². The van der Waals surface area contributed by atoms with E-state index in [1.807, 2.05) is 0 Å². The smallest absolute Gasteiger partial charge is 0.348 e. The van der Waals surface area contributed by atoms with E-state index >= 15 is 0 Å². The van der Waals surface area contributed by atoms with Gasteiger partial charge in [-0.2, -0.15) is 26.3 Å². The van der Waals surface area contributed by atoms with Gasteiger partial charge in [0.05, 0.1) is 22.4 Å². The van der Waals surface area contributed by atoms with Gasteiger partial charge in [-0.3, -0.25) is 0 Å². The van der Waals surface area contributed by atoms with Crippen molar-refractivity contribution in [2.45, 2.75) is 18.9 Å². The molecule has 5 rings (SSSR count). The van der Waals surface area contributed by atoms with Crippen molar-refractivity contribution >= 4 is 0 Å². The maximum Gasteiger partial charge on any atom is 0.416 e. The number of aromatic nitrogens is 3. The zero-order chi connectivity index (χ0) is 27.2. The fourth-order valence-corrected chi connectivity index (χ4v) is 3.98. The van der Waals surface area contributed by atoms with Gasteiger partial charge < -0.3 is 4.57 Å². The van der Waals surface area contributed by atoms with Gasteiger partial charge in [0.1, 0.15) is 5.69 Å². The number of alkyl halides is 6. The highest BCUT2D eigenvalue weighted by Crippen LogP contribution is 2.38. The number of halogens is 8. The number of fused-ring (bicyclic) bond motifs is 1. The molecule has 2 aliphatic heterocycles. The molecule has 0 N–H and O–H groups in total. The molecule has 11 heteroatoms. The Kier molecular flexibility index (Phi) is 6.16. The number of nitrogens with zero attached hydrogens (tertiary/aromatic N) is 3. The van der Waals surface area contributed by atoms with Gasteiger partial charge in [0, 0.05) is 18.9 Å². The summed E-state index contributed by atoms with van der Waals surface area (Å²) in [4.78, 5) is 8.51. The second-order valence-electron chi connectivity index (χ2n) is 8.53. The Morgan fingerprint density at radius 3 is 1.95 bits per heavy atom. The SMILES string of the molecule is Fc1cccc(-c2nc3ccn(Cc4ccc(-c5cc(C(F)(F)F)cc(C(F)(F)F)c5)cc4)cc-3n2)c1F. The van der Waals surface area contributed by atoms with Gasteiger partial charge in [0.15, 0.2) is 17.5 Å². The molecule has 0 saturated carbocycles. The summed E-state index contributed by atoms with van der Waals surface area (Å²) in [6.07, 6.45) is -6.55. The Hall–Kier alpha value is -4.28. The third-order valence-corrected chi connectivity index (χ3v) is 5.86. The highest BCUT2D eigenvalue weighted by molar-refractivity contribution is 5.67. The summed E-state index contributed by atoms with van der Waals surface area (Å²) in [5.41, 5.74) is -1.28. The Morgan fingerprint density at radius 2 is 1.32 bits per heavy atom. The van der Waals surface area contributed by atoms with Crippen molar-refractivity contribution in [1.29, 1.82) is 0 Å². The zero-order valence-corrected chi connectivity index (χ0v) is 19.1. The lowest BCUT2D eigenvalue weighted by Crippen LogP contribution is -2.11. The number of imidazole rings is 1. The van der Waals surface area contributed by atoms with Crippen LogP contribution in [0.3, 0.4) is 0 Å². The quantitative estimate of drug-likeness (QED) is 0.219. The Labute approximate surface area is 210 Å². The predicted octanol–water partition coefficient (Wildman–Crippen LogP) is 8.08. The number of hydrogen-bond acceptors (Lipinski definition) is 2. The average molecular weight is 533 g/mol. The van der Waals surface area contributed by atoms with Gasteiger partial charge in [-0.15, -0.1) is 0 Å². The largest absolute Gasteiger partial charge is 0.416 e. The van der Waals surface area contributed by atoms with Gasteiger partial charge in [-0.1, -0.05) is 30.3 Å². The van der Waals surface area contributed by atoms with Crippen LogP contribution in [0.4, 0.5) is 35.1 Å². The van der Waals surface area contributed by atoms with Crippen LogP contribution >= 0.6 is 0 Å². The maximum absolute atomic E-state index is 14.1. The van der Waals surface area contributed by atoms with Crippen molar-refractivity contribution < 1.29 is 35.1 Å². The van der Waals surface area contributed by atoms with Crippen molar-refractivity contribution in [2.75, 3.05) is 0 Å². The van der Waals surface area contributed by atoms with Crippen LogP contribution in [0.1, 0.15) is 16.7 Å². The lowest BCUT2D eigenvalue weighted by Gasteiger charge is -2.15. The molecular formula is C27H15F8N3. The molecule has 0 spiro atoms. The fraction of sp³-hybridized carbons (Fsp3) is 0.111. The number of pyridine rings is 1. The van der Waals surface area contributed by atoms with E-state index in [9.17, 15) is 35.1 Å². The second-order valence-corrected chi connectivity index (χ2v) is 8.53. The van der Waals surface area contributed by atoms with Crippen molar-refractivity contribution in [3.63, 3.8) is 0 Å². The molecule has 0 bridgehead atoms. The van der Waals surface area contributed by atoms with Crippen LogP contribution in [-0.2, 0) is 18.9 Å². The molecule has 0 amide bonds. The first-order chi connectivity index (χ1) is 17.9. The van der Waals surface area contributed by atoms with Crippen molar-refractivity contribution in [1.82, 2.24) is 14.5 Å². The minimum absolute atomic E-state index is 0.0263. The molecule has 0 aromatic heterocycles. The third-order valence-electron chi connectivity index (χ3n) is 5.86. The molecule has 0 unspecified atom stereocenters. The fourth-order valence-electron chi connectivity index (χ4n) is 3.98. The van der Waals surface area contributed by atoms with Gasteiger partial charge >= 0.3 is 12.4 Å². The van der Waals surface area contributed by atoms with E-state index in [4.69, 9.17) is 0 Å². The molecule has 38 heavy (non-hydrogen) atoms. The average Bonchev–Trinajstić information content (AvgIpc) is 3.28. The molecule has 3 aromatic carbocycles.